The van der Waals surface area contributed by atoms with Crippen molar-refractivity contribution in [3.63, 3.8) is 0 Å². The molecule has 0 spiro atoms. The highest BCUT2D eigenvalue weighted by Gasteiger charge is 2.14. The summed E-state index contributed by atoms with van der Waals surface area (Å²) in [4.78, 5) is 0. The smallest absolute Gasteiger partial charge is 0.273 e. The second-order valence-electron chi connectivity index (χ2n) is 6.99. The normalized spacial score (nSPS) is 11.6. The van der Waals surface area contributed by atoms with Crippen LogP contribution >= 0.6 is 0 Å². The predicted molar refractivity (Wildman–Crippen MR) is 114 cm³/mol. The highest BCUT2D eigenvalue weighted by atomic mass is 16.5. The third-order valence-corrected chi connectivity index (χ3v) is 4.67. The molecule has 0 amide bonds. The molecule has 2 aromatic heterocycles. The fourth-order valence-corrected chi connectivity index (χ4v) is 3.31. The molecule has 7 nitrogen and oxygen atoms in total. The monoisotopic (exact) mass is 388 g/mol. The lowest BCUT2D eigenvalue weighted by Crippen LogP contribution is -2.08. The van der Waals surface area contributed by atoms with E-state index in [1.807, 2.05) is 51.3 Å². The molecule has 0 aliphatic carbocycles. The number of hydrogen-bond acceptors (Lipinski definition) is 5. The zero-order valence-corrected chi connectivity index (χ0v) is 17.1. The van der Waals surface area contributed by atoms with Crippen molar-refractivity contribution in [3.8, 4) is 11.7 Å². The molecule has 2 aromatic carbocycles. The van der Waals surface area contributed by atoms with Gasteiger partial charge in [0.2, 0.25) is 0 Å². The van der Waals surface area contributed by atoms with Gasteiger partial charge in [-0.15, -0.1) is 10.2 Å². The lowest BCUT2D eigenvalue weighted by molar-refractivity contribution is 0.317. The van der Waals surface area contributed by atoms with Crippen molar-refractivity contribution in [2.24, 2.45) is 5.10 Å². The van der Waals surface area contributed by atoms with E-state index in [2.05, 4.69) is 40.4 Å². The minimum Gasteiger partial charge on any atom is -0.493 e. The van der Waals surface area contributed by atoms with E-state index in [1.54, 1.807) is 9.36 Å². The molecule has 0 aliphatic heterocycles. The first-order chi connectivity index (χ1) is 14.1. The maximum absolute atomic E-state index is 5.98. The number of nitrogens with zero attached hydrogens (tertiary/aromatic N) is 6. The van der Waals surface area contributed by atoms with Gasteiger partial charge in [-0.1, -0.05) is 37.3 Å². The number of benzene rings is 2. The first-order valence-electron chi connectivity index (χ1n) is 9.73. The van der Waals surface area contributed by atoms with Crippen molar-refractivity contribution in [3.05, 3.63) is 65.2 Å². The van der Waals surface area contributed by atoms with Crippen LogP contribution in [0.25, 0.3) is 16.7 Å². The van der Waals surface area contributed by atoms with Gasteiger partial charge in [0.15, 0.2) is 5.82 Å². The molecule has 0 atom stereocenters. The van der Waals surface area contributed by atoms with Crippen molar-refractivity contribution >= 4 is 17.0 Å². The van der Waals surface area contributed by atoms with E-state index in [0.29, 0.717) is 18.4 Å². The Kier molecular flexibility index (Phi) is 5.12. The van der Waals surface area contributed by atoms with Gasteiger partial charge < -0.3 is 4.74 Å². The second-order valence-corrected chi connectivity index (χ2v) is 6.99. The fourth-order valence-electron chi connectivity index (χ4n) is 3.31. The number of aryl methyl sites for hydroxylation is 3. The van der Waals surface area contributed by atoms with E-state index in [4.69, 9.17) is 9.84 Å². The average molecular weight is 388 g/mol. The summed E-state index contributed by atoms with van der Waals surface area (Å²) in [7, 11) is 0. The fraction of sp³-hybridized carbons (Fsp3) is 0.273. The third kappa shape index (κ3) is 3.63. The van der Waals surface area contributed by atoms with Gasteiger partial charge in [-0.25, -0.2) is 4.68 Å². The summed E-state index contributed by atoms with van der Waals surface area (Å²) in [5, 5.41) is 19.9. The molecular weight excluding hydrogens is 364 g/mol. The summed E-state index contributed by atoms with van der Waals surface area (Å²) < 4.78 is 9.44. The summed E-state index contributed by atoms with van der Waals surface area (Å²) >= 11 is 0. The van der Waals surface area contributed by atoms with Crippen LogP contribution in [0.4, 0.5) is 0 Å². The van der Waals surface area contributed by atoms with E-state index in [0.717, 1.165) is 39.9 Å². The molecule has 0 saturated carbocycles. The van der Waals surface area contributed by atoms with Gasteiger partial charge in [-0.05, 0) is 50.1 Å². The summed E-state index contributed by atoms with van der Waals surface area (Å²) in [6.07, 6.45) is 2.76. The Morgan fingerprint density at radius 2 is 1.90 bits per heavy atom. The number of rotatable bonds is 6. The van der Waals surface area contributed by atoms with Crippen LogP contribution in [0.5, 0.6) is 5.75 Å². The summed E-state index contributed by atoms with van der Waals surface area (Å²) in [5.74, 6) is 2.05. The van der Waals surface area contributed by atoms with Crippen molar-refractivity contribution in [2.75, 3.05) is 6.61 Å². The molecular formula is C22H24N6O. The van der Waals surface area contributed by atoms with E-state index in [-0.39, 0.29) is 0 Å². The lowest BCUT2D eigenvalue weighted by Gasteiger charge is -2.11. The highest BCUT2D eigenvalue weighted by molar-refractivity contribution is 6.02. The van der Waals surface area contributed by atoms with Gasteiger partial charge >= 0.3 is 0 Å². The van der Waals surface area contributed by atoms with Crippen molar-refractivity contribution in [2.45, 2.75) is 34.1 Å². The molecule has 148 valence electrons. The molecule has 2 heterocycles. The van der Waals surface area contributed by atoms with Crippen LogP contribution in [0, 0.1) is 20.8 Å². The van der Waals surface area contributed by atoms with E-state index in [1.165, 1.54) is 0 Å². The van der Waals surface area contributed by atoms with Crippen molar-refractivity contribution in [1.29, 1.82) is 0 Å². The van der Waals surface area contributed by atoms with Gasteiger partial charge in [-0.2, -0.15) is 14.9 Å². The van der Waals surface area contributed by atoms with Crippen LogP contribution in [-0.2, 0) is 0 Å². The Bertz CT molecular complexity index is 1190. The van der Waals surface area contributed by atoms with Crippen LogP contribution in [-0.4, -0.2) is 37.5 Å². The maximum Gasteiger partial charge on any atom is 0.273 e. The quantitative estimate of drug-likeness (QED) is 0.464. The third-order valence-electron chi connectivity index (χ3n) is 4.67. The molecule has 7 heteroatoms. The van der Waals surface area contributed by atoms with Crippen LogP contribution in [0.15, 0.2) is 47.6 Å². The molecule has 0 aliphatic rings. The Labute approximate surface area is 169 Å². The highest BCUT2D eigenvalue weighted by Crippen LogP contribution is 2.27. The van der Waals surface area contributed by atoms with Gasteiger partial charge in [0.05, 0.1) is 18.5 Å². The molecule has 4 aromatic rings. The number of fused-ring (bicyclic) bond motifs is 1. The van der Waals surface area contributed by atoms with Crippen molar-refractivity contribution in [1.82, 2.24) is 24.7 Å². The van der Waals surface area contributed by atoms with E-state index in [9.17, 15) is 0 Å². The molecule has 0 unspecified atom stereocenters. The minimum absolute atomic E-state index is 0.556. The molecule has 0 radical (unpaired) electrons. The second kappa shape index (κ2) is 7.87. The largest absolute Gasteiger partial charge is 0.493 e. The topological polar surface area (TPSA) is 70.1 Å². The SMILES string of the molecule is CCCOc1ccc2ccccc2c1/C=N/n1c(C)nnc1-n1nc(C)cc1C. The summed E-state index contributed by atoms with van der Waals surface area (Å²) in [5.41, 5.74) is 2.83. The Balaban J connectivity index is 1.82. The van der Waals surface area contributed by atoms with E-state index >= 15 is 0 Å². The van der Waals surface area contributed by atoms with Crippen molar-refractivity contribution < 1.29 is 4.74 Å². The van der Waals surface area contributed by atoms with E-state index < -0.39 is 0 Å². The minimum atomic E-state index is 0.556. The molecule has 0 bridgehead atoms. The Morgan fingerprint density at radius 3 is 2.66 bits per heavy atom. The summed E-state index contributed by atoms with van der Waals surface area (Å²) in [6.45, 7) is 8.56. The molecule has 0 N–H and O–H groups in total. The van der Waals surface area contributed by atoms with Gasteiger partial charge in [-0.3, -0.25) is 0 Å². The first-order valence-corrected chi connectivity index (χ1v) is 9.73. The average Bonchev–Trinajstić information content (AvgIpc) is 3.25. The standard InChI is InChI=1S/C22H24N6O/c1-5-12-29-21-11-10-18-8-6-7-9-19(18)20(21)14-23-28-17(4)24-25-22(28)27-16(3)13-15(2)26-27/h6-11,13-14H,5,12H2,1-4H3/b23-14+. The Hall–Kier alpha value is -3.48. The van der Waals surface area contributed by atoms with Gasteiger partial charge in [0, 0.05) is 11.3 Å². The van der Waals surface area contributed by atoms with Gasteiger partial charge in [0.25, 0.3) is 5.95 Å². The number of ether oxygens (including phenoxy) is 1. The number of aromatic nitrogens is 5. The van der Waals surface area contributed by atoms with Crippen LogP contribution in [0.2, 0.25) is 0 Å². The zero-order valence-electron chi connectivity index (χ0n) is 17.1. The van der Waals surface area contributed by atoms with Crippen LogP contribution in [0.3, 0.4) is 0 Å². The molecule has 0 fully saturated rings. The first kappa shape index (κ1) is 18.9. The number of hydrogen-bond donors (Lipinski definition) is 0. The van der Waals surface area contributed by atoms with Crippen LogP contribution < -0.4 is 4.74 Å². The zero-order chi connectivity index (χ0) is 20.4. The maximum atomic E-state index is 5.98. The molecule has 4 rings (SSSR count). The van der Waals surface area contributed by atoms with Crippen LogP contribution in [0.1, 0.15) is 36.1 Å². The summed E-state index contributed by atoms with van der Waals surface area (Å²) in [6, 6.07) is 14.3. The predicted octanol–water partition coefficient (Wildman–Crippen LogP) is 4.21. The van der Waals surface area contributed by atoms with Gasteiger partial charge in [0.1, 0.15) is 5.75 Å². The lowest BCUT2D eigenvalue weighted by atomic mass is 10.0. The Morgan fingerprint density at radius 1 is 1.07 bits per heavy atom. The molecule has 0 saturated heterocycles. The molecule has 29 heavy (non-hydrogen) atoms.